The third kappa shape index (κ3) is 3.93. The molecule has 1 aromatic carbocycles. The Bertz CT molecular complexity index is 516. The molecule has 0 saturated heterocycles. The summed E-state index contributed by atoms with van der Waals surface area (Å²) in [6.45, 7) is 1.36. The first-order valence-electron chi connectivity index (χ1n) is 5.62. The zero-order chi connectivity index (χ0) is 14.6. The molecule has 0 amide bonds. The van der Waals surface area contributed by atoms with Crippen LogP contribution in [0.1, 0.15) is 18.6 Å². The van der Waals surface area contributed by atoms with Gasteiger partial charge in [0.05, 0.1) is 11.7 Å². The second-order valence-electron chi connectivity index (χ2n) is 3.92. The Morgan fingerprint density at radius 3 is 2.37 bits per heavy atom. The lowest BCUT2D eigenvalue weighted by Crippen LogP contribution is -2.40. The van der Waals surface area contributed by atoms with E-state index in [-0.39, 0.29) is 6.54 Å². The molecule has 1 atom stereocenters. The van der Waals surface area contributed by atoms with Gasteiger partial charge in [-0.3, -0.25) is 0 Å². The van der Waals surface area contributed by atoms with Gasteiger partial charge in [-0.05, 0) is 12.1 Å². The molecule has 0 unspecified atom stereocenters. The minimum atomic E-state index is -3.76. The van der Waals surface area contributed by atoms with Crippen LogP contribution in [0, 0.1) is 11.6 Å². The van der Waals surface area contributed by atoms with Crippen molar-refractivity contribution in [3.63, 3.8) is 0 Å². The summed E-state index contributed by atoms with van der Waals surface area (Å²) in [4.78, 5) is 0. The largest absolute Gasteiger partial charge is 0.387 e. The van der Waals surface area contributed by atoms with Gasteiger partial charge < -0.3 is 5.11 Å². The molecule has 0 bridgehead atoms. The maximum atomic E-state index is 13.4. The van der Waals surface area contributed by atoms with E-state index in [2.05, 4.69) is 4.72 Å². The molecule has 0 radical (unpaired) electrons. The van der Waals surface area contributed by atoms with E-state index in [1.165, 1.54) is 7.05 Å². The third-order valence-electron chi connectivity index (χ3n) is 2.65. The number of aliphatic hydroxyl groups excluding tert-OH is 1. The lowest BCUT2D eigenvalue weighted by atomic mass is 10.1. The molecule has 0 aliphatic rings. The third-order valence-corrected chi connectivity index (χ3v) is 4.26. The first kappa shape index (κ1) is 16.0. The van der Waals surface area contributed by atoms with Gasteiger partial charge in [-0.25, -0.2) is 8.78 Å². The average molecular weight is 294 g/mol. The number of benzene rings is 1. The fourth-order valence-electron chi connectivity index (χ4n) is 1.40. The standard InChI is InChI=1S/C11H16F2N2O3S/c1-3-15(2)19(17,18)14-7-10(16)11-8(12)5-4-6-9(11)13/h4-6,10,14,16H,3,7H2,1-2H3/t10-/m1/s1. The van der Waals surface area contributed by atoms with E-state index in [1.54, 1.807) is 6.92 Å². The quantitative estimate of drug-likeness (QED) is 0.815. The fraction of sp³-hybridized carbons (Fsp3) is 0.455. The summed E-state index contributed by atoms with van der Waals surface area (Å²) in [5.74, 6) is -1.84. The maximum Gasteiger partial charge on any atom is 0.279 e. The summed E-state index contributed by atoms with van der Waals surface area (Å²) >= 11 is 0. The van der Waals surface area contributed by atoms with Crippen LogP contribution >= 0.6 is 0 Å². The highest BCUT2D eigenvalue weighted by Crippen LogP contribution is 2.20. The molecule has 0 spiro atoms. The van der Waals surface area contributed by atoms with E-state index < -0.39 is 40.1 Å². The number of nitrogens with zero attached hydrogens (tertiary/aromatic N) is 1. The summed E-state index contributed by atoms with van der Waals surface area (Å²) in [5.41, 5.74) is -0.552. The van der Waals surface area contributed by atoms with Crippen LogP contribution in [0.4, 0.5) is 8.78 Å². The lowest BCUT2D eigenvalue weighted by molar-refractivity contribution is 0.171. The van der Waals surface area contributed by atoms with E-state index in [4.69, 9.17) is 0 Å². The molecule has 1 rings (SSSR count). The fourth-order valence-corrected chi connectivity index (χ4v) is 2.32. The number of halogens is 2. The Labute approximate surface area is 111 Å². The Hall–Kier alpha value is -1.09. The van der Waals surface area contributed by atoms with Crippen molar-refractivity contribution in [1.29, 1.82) is 0 Å². The predicted molar refractivity (Wildman–Crippen MR) is 66.5 cm³/mol. The van der Waals surface area contributed by atoms with Gasteiger partial charge in [0.1, 0.15) is 11.6 Å². The Morgan fingerprint density at radius 1 is 1.37 bits per heavy atom. The Kier molecular flexibility index (Phi) is 5.36. The van der Waals surface area contributed by atoms with Crippen LogP contribution in [-0.2, 0) is 10.2 Å². The zero-order valence-electron chi connectivity index (χ0n) is 10.6. The summed E-state index contributed by atoms with van der Waals surface area (Å²) in [7, 11) is -2.42. The molecular formula is C11H16F2N2O3S. The van der Waals surface area contributed by atoms with Crippen LogP contribution in [0.3, 0.4) is 0 Å². The molecule has 0 aliphatic carbocycles. The maximum absolute atomic E-state index is 13.4. The monoisotopic (exact) mass is 294 g/mol. The number of nitrogens with one attached hydrogen (secondary N) is 1. The molecule has 0 saturated carbocycles. The zero-order valence-corrected chi connectivity index (χ0v) is 11.4. The van der Waals surface area contributed by atoms with E-state index in [0.29, 0.717) is 0 Å². The van der Waals surface area contributed by atoms with Crippen molar-refractivity contribution in [2.75, 3.05) is 20.1 Å². The van der Waals surface area contributed by atoms with Crippen molar-refractivity contribution in [2.45, 2.75) is 13.0 Å². The molecule has 5 nitrogen and oxygen atoms in total. The van der Waals surface area contributed by atoms with Gasteiger partial charge in [-0.15, -0.1) is 0 Å². The van der Waals surface area contributed by atoms with Crippen molar-refractivity contribution in [1.82, 2.24) is 9.03 Å². The normalized spacial score (nSPS) is 13.8. The molecule has 0 heterocycles. The lowest BCUT2D eigenvalue weighted by Gasteiger charge is -2.18. The van der Waals surface area contributed by atoms with E-state index in [1.807, 2.05) is 0 Å². The Balaban J connectivity index is 2.79. The van der Waals surface area contributed by atoms with Crippen molar-refractivity contribution in [3.05, 3.63) is 35.4 Å². The van der Waals surface area contributed by atoms with Crippen LogP contribution in [0.25, 0.3) is 0 Å². The Morgan fingerprint density at radius 2 is 1.89 bits per heavy atom. The summed E-state index contributed by atoms with van der Waals surface area (Å²) in [6, 6.07) is 3.15. The molecule has 1 aromatic rings. The van der Waals surface area contributed by atoms with Crippen LogP contribution in [-0.4, -0.2) is 38.0 Å². The number of rotatable bonds is 6. The van der Waals surface area contributed by atoms with Crippen molar-refractivity contribution in [2.24, 2.45) is 0 Å². The van der Waals surface area contributed by atoms with Gasteiger partial charge in [0, 0.05) is 20.1 Å². The van der Waals surface area contributed by atoms with Crippen LogP contribution < -0.4 is 4.72 Å². The van der Waals surface area contributed by atoms with Gasteiger partial charge in [0.25, 0.3) is 10.2 Å². The van der Waals surface area contributed by atoms with Crippen LogP contribution in [0.5, 0.6) is 0 Å². The van der Waals surface area contributed by atoms with Crippen LogP contribution in [0.2, 0.25) is 0 Å². The molecule has 0 aliphatic heterocycles. The van der Waals surface area contributed by atoms with Gasteiger partial charge in [-0.2, -0.15) is 17.4 Å². The summed E-state index contributed by atoms with van der Waals surface area (Å²) < 4.78 is 53.0. The van der Waals surface area contributed by atoms with Gasteiger partial charge in [-0.1, -0.05) is 13.0 Å². The molecule has 2 N–H and O–H groups in total. The summed E-state index contributed by atoms with van der Waals surface area (Å²) in [5, 5.41) is 9.67. The smallest absolute Gasteiger partial charge is 0.279 e. The molecular weight excluding hydrogens is 278 g/mol. The molecule has 8 heteroatoms. The van der Waals surface area contributed by atoms with Gasteiger partial charge >= 0.3 is 0 Å². The SMILES string of the molecule is CCN(C)S(=O)(=O)NC[C@@H](O)c1c(F)cccc1F. The van der Waals surface area contributed by atoms with E-state index >= 15 is 0 Å². The predicted octanol–water partition coefficient (Wildman–Crippen LogP) is 0.784. The minimum Gasteiger partial charge on any atom is -0.387 e. The highest BCUT2D eigenvalue weighted by atomic mass is 32.2. The highest BCUT2D eigenvalue weighted by molar-refractivity contribution is 7.87. The van der Waals surface area contributed by atoms with Crippen molar-refractivity contribution >= 4 is 10.2 Å². The van der Waals surface area contributed by atoms with Gasteiger partial charge in [0.15, 0.2) is 0 Å². The molecule has 0 aromatic heterocycles. The van der Waals surface area contributed by atoms with E-state index in [9.17, 15) is 22.3 Å². The molecule has 108 valence electrons. The topological polar surface area (TPSA) is 69.6 Å². The van der Waals surface area contributed by atoms with Gasteiger partial charge in [0.2, 0.25) is 0 Å². The number of hydrogen-bond acceptors (Lipinski definition) is 3. The van der Waals surface area contributed by atoms with Crippen molar-refractivity contribution < 1.29 is 22.3 Å². The second-order valence-corrected chi connectivity index (χ2v) is 5.78. The number of hydrogen-bond donors (Lipinski definition) is 2. The first-order chi connectivity index (χ1) is 8.79. The summed E-state index contributed by atoms with van der Waals surface area (Å²) in [6.07, 6.45) is -1.60. The molecule has 19 heavy (non-hydrogen) atoms. The molecule has 0 fully saturated rings. The highest BCUT2D eigenvalue weighted by Gasteiger charge is 2.21. The van der Waals surface area contributed by atoms with Crippen LogP contribution in [0.15, 0.2) is 18.2 Å². The minimum absolute atomic E-state index is 0.236. The second kappa shape index (κ2) is 6.38. The average Bonchev–Trinajstić information content (AvgIpc) is 2.35. The first-order valence-corrected chi connectivity index (χ1v) is 7.06. The van der Waals surface area contributed by atoms with Crippen molar-refractivity contribution in [3.8, 4) is 0 Å². The van der Waals surface area contributed by atoms with E-state index in [0.717, 1.165) is 22.5 Å². The number of aliphatic hydroxyl groups is 1.